The molecule has 0 spiro atoms. The van der Waals surface area contributed by atoms with E-state index in [-0.39, 0.29) is 24.4 Å². The van der Waals surface area contributed by atoms with Crippen molar-refractivity contribution in [2.45, 2.75) is 26.2 Å². The first-order valence-corrected chi connectivity index (χ1v) is 4.98. The number of hydrogen-bond acceptors (Lipinski definition) is 3. The lowest BCUT2D eigenvalue weighted by Crippen LogP contribution is -2.41. The highest BCUT2D eigenvalue weighted by atomic mass is 16.3. The van der Waals surface area contributed by atoms with Crippen LogP contribution in [0.2, 0.25) is 0 Å². The Morgan fingerprint density at radius 2 is 1.60 bits per heavy atom. The summed E-state index contributed by atoms with van der Waals surface area (Å²) in [7, 11) is 0. The summed E-state index contributed by atoms with van der Waals surface area (Å²) in [6, 6.07) is 0. The fourth-order valence-electron chi connectivity index (χ4n) is 1.49. The van der Waals surface area contributed by atoms with Crippen LogP contribution in [0.4, 0.5) is 0 Å². The fraction of sp³-hybridized carbons (Fsp3) is 0.500. The monoisotopic (exact) mass is 210 g/mol. The van der Waals surface area contributed by atoms with Crippen molar-refractivity contribution in [1.82, 2.24) is 0 Å². The van der Waals surface area contributed by atoms with Crippen molar-refractivity contribution in [3.8, 4) is 0 Å². The van der Waals surface area contributed by atoms with Crippen molar-refractivity contribution in [3.05, 3.63) is 25.3 Å². The molecule has 0 heterocycles. The van der Waals surface area contributed by atoms with Crippen molar-refractivity contribution in [2.75, 3.05) is 6.61 Å². The Bertz CT molecular complexity index is 238. The molecule has 0 aliphatic carbocycles. The Hall–Kier alpha value is -1.22. The summed E-state index contributed by atoms with van der Waals surface area (Å²) in [5, 5.41) is 9.26. The van der Waals surface area contributed by atoms with Gasteiger partial charge in [-0.15, -0.1) is 13.2 Å². The average Bonchev–Trinajstić information content (AvgIpc) is 2.21. The SMILES string of the molecule is C=CCC(=O)C(CC)(CO)C(=O)CC=C. The second-order valence-corrected chi connectivity index (χ2v) is 3.43. The first-order chi connectivity index (χ1) is 7.08. The number of allylic oxidation sites excluding steroid dienone is 2. The number of rotatable bonds is 8. The van der Waals surface area contributed by atoms with E-state index in [2.05, 4.69) is 13.2 Å². The summed E-state index contributed by atoms with van der Waals surface area (Å²) in [5.41, 5.74) is -1.26. The molecule has 15 heavy (non-hydrogen) atoms. The van der Waals surface area contributed by atoms with Crippen molar-refractivity contribution < 1.29 is 14.7 Å². The Morgan fingerprint density at radius 1 is 1.20 bits per heavy atom. The Morgan fingerprint density at radius 3 is 1.80 bits per heavy atom. The first-order valence-electron chi connectivity index (χ1n) is 4.98. The van der Waals surface area contributed by atoms with Gasteiger partial charge in [0.1, 0.15) is 5.41 Å². The summed E-state index contributed by atoms with van der Waals surface area (Å²) >= 11 is 0. The van der Waals surface area contributed by atoms with Crippen LogP contribution in [0.5, 0.6) is 0 Å². The van der Waals surface area contributed by atoms with Gasteiger partial charge in [0, 0.05) is 12.8 Å². The molecule has 0 radical (unpaired) electrons. The molecule has 0 aromatic carbocycles. The number of carbonyl (C=O) groups excluding carboxylic acids is 2. The zero-order chi connectivity index (χ0) is 11.9. The highest BCUT2D eigenvalue weighted by Crippen LogP contribution is 2.27. The number of Topliss-reactive ketones (excluding diaryl/α,β-unsaturated/α-hetero) is 2. The summed E-state index contributed by atoms with van der Waals surface area (Å²) in [6.45, 7) is 8.19. The zero-order valence-electron chi connectivity index (χ0n) is 9.16. The molecule has 0 aliphatic heterocycles. The van der Waals surface area contributed by atoms with E-state index in [0.29, 0.717) is 6.42 Å². The third kappa shape index (κ3) is 2.86. The number of carbonyl (C=O) groups is 2. The van der Waals surface area contributed by atoms with Crippen LogP contribution in [0.25, 0.3) is 0 Å². The third-order valence-corrected chi connectivity index (χ3v) is 2.60. The van der Waals surface area contributed by atoms with Crippen LogP contribution < -0.4 is 0 Å². The van der Waals surface area contributed by atoms with E-state index in [4.69, 9.17) is 0 Å². The molecule has 84 valence electrons. The topological polar surface area (TPSA) is 54.4 Å². The lowest BCUT2D eigenvalue weighted by Gasteiger charge is -2.26. The number of hydrogen-bond donors (Lipinski definition) is 1. The molecule has 0 atom stereocenters. The maximum absolute atomic E-state index is 11.8. The molecule has 0 aliphatic rings. The normalized spacial score (nSPS) is 10.8. The molecule has 0 bridgehead atoms. The fourth-order valence-corrected chi connectivity index (χ4v) is 1.49. The van der Waals surface area contributed by atoms with Crippen LogP contribution in [0.3, 0.4) is 0 Å². The van der Waals surface area contributed by atoms with Gasteiger partial charge < -0.3 is 5.11 Å². The predicted octanol–water partition coefficient (Wildman–Crippen LogP) is 1.67. The van der Waals surface area contributed by atoms with Crippen molar-refractivity contribution in [2.24, 2.45) is 5.41 Å². The quantitative estimate of drug-likeness (QED) is 0.489. The Labute approximate surface area is 90.5 Å². The standard InChI is InChI=1S/C12H18O3/c1-4-7-10(14)12(6-3,9-13)11(15)8-5-2/h4-5,13H,1-2,6-9H2,3H3. The summed E-state index contributed by atoms with van der Waals surface area (Å²) < 4.78 is 0. The minimum absolute atomic E-state index is 0.108. The lowest BCUT2D eigenvalue weighted by atomic mass is 9.75. The van der Waals surface area contributed by atoms with E-state index in [1.165, 1.54) is 12.2 Å². The second-order valence-electron chi connectivity index (χ2n) is 3.43. The summed E-state index contributed by atoms with van der Waals surface area (Å²) in [6.07, 6.45) is 3.42. The van der Waals surface area contributed by atoms with Gasteiger partial charge in [-0.05, 0) is 6.42 Å². The number of aliphatic hydroxyl groups is 1. The molecule has 0 fully saturated rings. The maximum Gasteiger partial charge on any atom is 0.152 e. The minimum Gasteiger partial charge on any atom is -0.395 e. The van der Waals surface area contributed by atoms with Gasteiger partial charge in [0.25, 0.3) is 0 Å². The molecule has 3 heteroatoms. The van der Waals surface area contributed by atoms with Gasteiger partial charge in [-0.2, -0.15) is 0 Å². The van der Waals surface area contributed by atoms with Crippen LogP contribution in [-0.2, 0) is 9.59 Å². The van der Waals surface area contributed by atoms with E-state index in [1.54, 1.807) is 6.92 Å². The Kier molecular flexibility index (Phi) is 5.79. The molecular formula is C12H18O3. The largest absolute Gasteiger partial charge is 0.395 e. The minimum atomic E-state index is -1.26. The van der Waals surface area contributed by atoms with Gasteiger partial charge >= 0.3 is 0 Å². The first kappa shape index (κ1) is 13.8. The van der Waals surface area contributed by atoms with Crippen LogP contribution in [0.15, 0.2) is 25.3 Å². The maximum atomic E-state index is 11.8. The van der Waals surface area contributed by atoms with Gasteiger partial charge in [-0.3, -0.25) is 9.59 Å². The van der Waals surface area contributed by atoms with Gasteiger partial charge in [0.05, 0.1) is 6.61 Å². The smallest absolute Gasteiger partial charge is 0.152 e. The number of aliphatic hydroxyl groups excluding tert-OH is 1. The van der Waals surface area contributed by atoms with E-state index in [0.717, 1.165) is 0 Å². The molecule has 0 amide bonds. The average molecular weight is 210 g/mol. The molecule has 1 N–H and O–H groups in total. The molecule has 0 saturated carbocycles. The molecule has 0 saturated heterocycles. The van der Waals surface area contributed by atoms with Gasteiger partial charge in [-0.1, -0.05) is 19.1 Å². The van der Waals surface area contributed by atoms with Crippen molar-refractivity contribution >= 4 is 11.6 Å². The lowest BCUT2D eigenvalue weighted by molar-refractivity contribution is -0.143. The summed E-state index contributed by atoms with van der Waals surface area (Å²) in [5.74, 6) is -0.538. The second kappa shape index (κ2) is 6.30. The molecule has 0 rings (SSSR count). The van der Waals surface area contributed by atoms with E-state index in [9.17, 15) is 14.7 Å². The van der Waals surface area contributed by atoms with Gasteiger partial charge in [-0.25, -0.2) is 0 Å². The summed E-state index contributed by atoms with van der Waals surface area (Å²) in [4.78, 5) is 23.5. The van der Waals surface area contributed by atoms with E-state index >= 15 is 0 Å². The number of ketones is 2. The van der Waals surface area contributed by atoms with Crippen molar-refractivity contribution in [3.63, 3.8) is 0 Å². The van der Waals surface area contributed by atoms with Crippen LogP contribution in [0.1, 0.15) is 26.2 Å². The van der Waals surface area contributed by atoms with Gasteiger partial charge in [0.2, 0.25) is 0 Å². The van der Waals surface area contributed by atoms with Crippen LogP contribution >= 0.6 is 0 Å². The zero-order valence-corrected chi connectivity index (χ0v) is 9.16. The molecule has 0 aromatic rings. The van der Waals surface area contributed by atoms with Crippen molar-refractivity contribution in [1.29, 1.82) is 0 Å². The van der Waals surface area contributed by atoms with E-state index in [1.807, 2.05) is 0 Å². The Balaban J connectivity index is 5.01. The molecule has 0 aromatic heterocycles. The van der Waals surface area contributed by atoms with Crippen LogP contribution in [0, 0.1) is 5.41 Å². The molecule has 0 unspecified atom stereocenters. The molecular weight excluding hydrogens is 192 g/mol. The van der Waals surface area contributed by atoms with Gasteiger partial charge in [0.15, 0.2) is 11.6 Å². The highest BCUT2D eigenvalue weighted by Gasteiger charge is 2.41. The third-order valence-electron chi connectivity index (χ3n) is 2.60. The predicted molar refractivity (Wildman–Crippen MR) is 59.5 cm³/mol. The highest BCUT2D eigenvalue weighted by molar-refractivity contribution is 6.07. The molecule has 3 nitrogen and oxygen atoms in total. The van der Waals surface area contributed by atoms with E-state index < -0.39 is 12.0 Å². The van der Waals surface area contributed by atoms with Crippen LogP contribution in [-0.4, -0.2) is 23.3 Å².